The standard InChI is InChI=1S/C16H17N5O2S/c1-23-11-4-2-10(3-5-11)12-8-24-15-13(12)14(20-9-21-15)18-6-7-19-16(17)22/h2-5,8-9H,6-7H2,1H3,(H3,17,19,22)(H,18,20,21). The SMILES string of the molecule is COc1ccc(-c2csc3ncnc(NCCNC(N)=O)c23)cc1. The van der Waals surface area contributed by atoms with Crippen molar-refractivity contribution in [1.82, 2.24) is 15.3 Å². The summed E-state index contributed by atoms with van der Waals surface area (Å²) in [7, 11) is 1.64. The Labute approximate surface area is 142 Å². The highest BCUT2D eigenvalue weighted by Gasteiger charge is 2.13. The number of rotatable bonds is 6. The fourth-order valence-corrected chi connectivity index (χ4v) is 3.27. The number of hydrogen-bond acceptors (Lipinski definition) is 6. The maximum Gasteiger partial charge on any atom is 0.312 e. The van der Waals surface area contributed by atoms with Gasteiger partial charge >= 0.3 is 6.03 Å². The molecule has 0 aliphatic carbocycles. The molecular formula is C16H17N5O2S. The molecule has 4 N–H and O–H groups in total. The van der Waals surface area contributed by atoms with Crippen molar-refractivity contribution in [3.63, 3.8) is 0 Å². The number of nitrogens with zero attached hydrogens (tertiary/aromatic N) is 2. The second-order valence-electron chi connectivity index (χ2n) is 5.00. The third-order valence-corrected chi connectivity index (χ3v) is 4.37. The zero-order valence-electron chi connectivity index (χ0n) is 13.1. The van der Waals surface area contributed by atoms with Crippen molar-refractivity contribution in [2.24, 2.45) is 5.73 Å². The van der Waals surface area contributed by atoms with E-state index in [1.54, 1.807) is 18.4 Å². The average Bonchev–Trinajstić information content (AvgIpc) is 3.03. The van der Waals surface area contributed by atoms with Crippen LogP contribution in [0, 0.1) is 0 Å². The van der Waals surface area contributed by atoms with Gasteiger partial charge in [-0.15, -0.1) is 11.3 Å². The fourth-order valence-electron chi connectivity index (χ4n) is 2.36. The highest BCUT2D eigenvalue weighted by Crippen LogP contribution is 2.36. The van der Waals surface area contributed by atoms with Crippen LogP contribution >= 0.6 is 11.3 Å². The number of nitrogens with one attached hydrogen (secondary N) is 2. The molecular weight excluding hydrogens is 326 g/mol. The van der Waals surface area contributed by atoms with E-state index in [2.05, 4.69) is 26.0 Å². The van der Waals surface area contributed by atoms with Crippen molar-refractivity contribution in [3.05, 3.63) is 36.0 Å². The summed E-state index contributed by atoms with van der Waals surface area (Å²) in [6, 6.07) is 7.32. The lowest BCUT2D eigenvalue weighted by Crippen LogP contribution is -2.33. The molecule has 3 aromatic rings. The molecule has 0 radical (unpaired) electrons. The van der Waals surface area contributed by atoms with Crippen LogP contribution in [-0.2, 0) is 0 Å². The molecule has 0 unspecified atom stereocenters. The molecule has 0 bridgehead atoms. The first-order valence-electron chi connectivity index (χ1n) is 7.33. The van der Waals surface area contributed by atoms with Crippen LogP contribution in [0.25, 0.3) is 21.3 Å². The van der Waals surface area contributed by atoms with Crippen molar-refractivity contribution < 1.29 is 9.53 Å². The maximum absolute atomic E-state index is 10.7. The van der Waals surface area contributed by atoms with Gasteiger partial charge in [0.2, 0.25) is 0 Å². The molecule has 0 aliphatic heterocycles. The Kier molecular flexibility index (Phi) is 4.76. The van der Waals surface area contributed by atoms with Gasteiger partial charge in [-0.05, 0) is 17.7 Å². The van der Waals surface area contributed by atoms with Gasteiger partial charge in [0.1, 0.15) is 22.7 Å². The normalized spacial score (nSPS) is 10.5. The number of fused-ring (bicyclic) bond motifs is 1. The number of primary amides is 1. The molecule has 0 fully saturated rings. The van der Waals surface area contributed by atoms with Crippen molar-refractivity contribution in [3.8, 4) is 16.9 Å². The van der Waals surface area contributed by atoms with E-state index >= 15 is 0 Å². The molecule has 3 rings (SSSR count). The minimum Gasteiger partial charge on any atom is -0.497 e. The molecule has 124 valence electrons. The van der Waals surface area contributed by atoms with Crippen LogP contribution in [0.15, 0.2) is 36.0 Å². The number of amides is 2. The number of benzene rings is 1. The zero-order chi connectivity index (χ0) is 16.9. The summed E-state index contributed by atoms with van der Waals surface area (Å²) in [5.41, 5.74) is 7.18. The van der Waals surface area contributed by atoms with E-state index < -0.39 is 6.03 Å². The number of anilines is 1. The fraction of sp³-hybridized carbons (Fsp3) is 0.188. The maximum atomic E-state index is 10.7. The third-order valence-electron chi connectivity index (χ3n) is 3.49. The van der Waals surface area contributed by atoms with Gasteiger partial charge in [-0.2, -0.15) is 0 Å². The summed E-state index contributed by atoms with van der Waals surface area (Å²) in [6.07, 6.45) is 1.53. The Balaban J connectivity index is 1.89. The number of nitrogens with two attached hydrogens (primary N) is 1. The lowest BCUT2D eigenvalue weighted by molar-refractivity contribution is 0.249. The van der Waals surface area contributed by atoms with Gasteiger partial charge in [0.05, 0.1) is 12.5 Å². The monoisotopic (exact) mass is 343 g/mol. The smallest absolute Gasteiger partial charge is 0.312 e. The number of hydrogen-bond donors (Lipinski definition) is 3. The zero-order valence-corrected chi connectivity index (χ0v) is 13.9. The molecule has 24 heavy (non-hydrogen) atoms. The molecule has 2 amide bonds. The van der Waals surface area contributed by atoms with Gasteiger partial charge in [-0.1, -0.05) is 12.1 Å². The lowest BCUT2D eigenvalue weighted by Gasteiger charge is -2.09. The summed E-state index contributed by atoms with van der Waals surface area (Å²) in [6.45, 7) is 0.940. The summed E-state index contributed by atoms with van der Waals surface area (Å²) in [5, 5.41) is 8.79. The Bertz CT molecular complexity index is 847. The molecule has 2 heterocycles. The molecule has 0 atom stereocenters. The van der Waals surface area contributed by atoms with Crippen LogP contribution in [-0.4, -0.2) is 36.2 Å². The Morgan fingerprint density at radius 1 is 1.25 bits per heavy atom. The van der Waals surface area contributed by atoms with E-state index in [4.69, 9.17) is 10.5 Å². The number of methoxy groups -OCH3 is 1. The van der Waals surface area contributed by atoms with Crippen molar-refractivity contribution in [1.29, 1.82) is 0 Å². The van der Waals surface area contributed by atoms with Crippen LogP contribution in [0.3, 0.4) is 0 Å². The van der Waals surface area contributed by atoms with Gasteiger partial charge in [0.15, 0.2) is 0 Å². The number of urea groups is 1. The van der Waals surface area contributed by atoms with Crippen molar-refractivity contribution in [2.45, 2.75) is 0 Å². The third kappa shape index (κ3) is 3.38. The van der Waals surface area contributed by atoms with Crippen LogP contribution < -0.4 is 21.1 Å². The molecule has 7 nitrogen and oxygen atoms in total. The van der Waals surface area contributed by atoms with Crippen molar-refractivity contribution in [2.75, 3.05) is 25.5 Å². The number of ether oxygens (including phenoxy) is 1. The first-order chi connectivity index (χ1) is 11.7. The molecule has 8 heteroatoms. The van der Waals surface area contributed by atoms with E-state index in [9.17, 15) is 4.79 Å². The highest BCUT2D eigenvalue weighted by atomic mass is 32.1. The second-order valence-corrected chi connectivity index (χ2v) is 5.86. The number of aromatic nitrogens is 2. The quantitative estimate of drug-likeness (QED) is 0.597. The van der Waals surface area contributed by atoms with Crippen LogP contribution in [0.2, 0.25) is 0 Å². The molecule has 0 spiro atoms. The van der Waals surface area contributed by atoms with E-state index in [-0.39, 0.29) is 0 Å². The first-order valence-corrected chi connectivity index (χ1v) is 8.21. The lowest BCUT2D eigenvalue weighted by atomic mass is 10.1. The van der Waals surface area contributed by atoms with Crippen LogP contribution in [0.4, 0.5) is 10.6 Å². The average molecular weight is 343 g/mol. The minimum atomic E-state index is -0.543. The number of thiophene rings is 1. The minimum absolute atomic E-state index is 0.419. The van der Waals surface area contributed by atoms with E-state index in [0.29, 0.717) is 13.1 Å². The van der Waals surface area contributed by atoms with Gasteiger partial charge in [0.25, 0.3) is 0 Å². The molecule has 0 aliphatic rings. The van der Waals surface area contributed by atoms with Gasteiger partial charge in [-0.3, -0.25) is 0 Å². The first kappa shape index (κ1) is 16.0. The molecule has 0 saturated carbocycles. The van der Waals surface area contributed by atoms with E-state index in [0.717, 1.165) is 32.9 Å². The van der Waals surface area contributed by atoms with Crippen LogP contribution in [0.5, 0.6) is 5.75 Å². The molecule has 0 saturated heterocycles. The van der Waals surface area contributed by atoms with E-state index in [1.165, 1.54) is 6.33 Å². The summed E-state index contributed by atoms with van der Waals surface area (Å²) in [5.74, 6) is 1.55. The topological polar surface area (TPSA) is 102 Å². The van der Waals surface area contributed by atoms with Crippen LogP contribution in [0.1, 0.15) is 0 Å². The Morgan fingerprint density at radius 3 is 2.75 bits per heavy atom. The summed E-state index contributed by atoms with van der Waals surface area (Å²) in [4.78, 5) is 20.3. The number of carbonyl (C=O) groups excluding carboxylic acids is 1. The second kappa shape index (κ2) is 7.14. The van der Waals surface area contributed by atoms with E-state index in [1.807, 2.05) is 24.3 Å². The number of carbonyl (C=O) groups is 1. The Hall–Kier alpha value is -2.87. The van der Waals surface area contributed by atoms with Gasteiger partial charge in [-0.25, -0.2) is 14.8 Å². The molecule has 2 aromatic heterocycles. The predicted octanol–water partition coefficient (Wildman–Crippen LogP) is 2.45. The summed E-state index contributed by atoms with van der Waals surface area (Å²) >= 11 is 1.56. The Morgan fingerprint density at radius 2 is 2.04 bits per heavy atom. The largest absolute Gasteiger partial charge is 0.497 e. The van der Waals surface area contributed by atoms with Crippen molar-refractivity contribution >= 4 is 33.4 Å². The molecule has 1 aromatic carbocycles. The summed E-state index contributed by atoms with van der Waals surface area (Å²) < 4.78 is 5.20. The predicted molar refractivity (Wildman–Crippen MR) is 95.5 cm³/mol. The highest BCUT2D eigenvalue weighted by molar-refractivity contribution is 7.17. The van der Waals surface area contributed by atoms with Gasteiger partial charge < -0.3 is 21.1 Å². The van der Waals surface area contributed by atoms with Gasteiger partial charge in [0, 0.05) is 24.0 Å².